The number of fused-ring (bicyclic) bond motifs is 5. The Bertz CT molecular complexity index is 444. The molecule has 0 saturated carbocycles. The maximum atomic E-state index is 12.5. The summed E-state index contributed by atoms with van der Waals surface area (Å²) in [6.07, 6.45) is -0.0895. The van der Waals surface area contributed by atoms with E-state index in [-0.39, 0.29) is 24.3 Å². The number of ether oxygens (including phenoxy) is 3. The molecule has 0 aromatic carbocycles. The van der Waals surface area contributed by atoms with Crippen LogP contribution in [0.25, 0.3) is 0 Å². The molecule has 21 heavy (non-hydrogen) atoms. The van der Waals surface area contributed by atoms with Crippen LogP contribution in [0.1, 0.15) is 47.5 Å². The fourth-order valence-corrected chi connectivity index (χ4v) is 3.71. The fourth-order valence-electron chi connectivity index (χ4n) is 3.71. The van der Waals surface area contributed by atoms with Crippen LogP contribution in [-0.2, 0) is 14.2 Å². The largest absolute Gasteiger partial charge is 0.444 e. The predicted octanol–water partition coefficient (Wildman–Crippen LogP) is 1.65. The highest BCUT2D eigenvalue weighted by atomic mass is 16.8. The van der Waals surface area contributed by atoms with Gasteiger partial charge < -0.3 is 19.3 Å². The van der Waals surface area contributed by atoms with Crippen molar-refractivity contribution in [2.45, 2.75) is 89.2 Å². The van der Waals surface area contributed by atoms with Crippen LogP contribution in [0, 0.1) is 0 Å². The standard InChI is InChI=1S/C15H25NO5/c1-14(2,3)21-13(18)16-8-6-7-9(17)10(16)12-11(8)19-15(4,5)20-12/h8-12,17H,6-7H2,1-5H3/t8-,9-,10+,11-,12+/m1/s1. The quantitative estimate of drug-likeness (QED) is 0.736. The van der Waals surface area contributed by atoms with Crippen molar-refractivity contribution < 1.29 is 24.1 Å². The summed E-state index contributed by atoms with van der Waals surface area (Å²) in [7, 11) is 0. The third-order valence-electron chi connectivity index (χ3n) is 4.31. The van der Waals surface area contributed by atoms with Gasteiger partial charge in [-0.3, -0.25) is 4.90 Å². The first-order valence-electron chi connectivity index (χ1n) is 7.64. The van der Waals surface area contributed by atoms with E-state index >= 15 is 0 Å². The van der Waals surface area contributed by atoms with Gasteiger partial charge in [0.05, 0.1) is 18.2 Å². The van der Waals surface area contributed by atoms with Crippen LogP contribution in [-0.4, -0.2) is 57.9 Å². The number of amides is 1. The van der Waals surface area contributed by atoms with Gasteiger partial charge >= 0.3 is 6.09 Å². The van der Waals surface area contributed by atoms with E-state index in [1.54, 1.807) is 4.90 Å². The van der Waals surface area contributed by atoms with Gasteiger partial charge in [-0.05, 0) is 47.5 Å². The Morgan fingerprint density at radius 2 is 1.86 bits per heavy atom. The van der Waals surface area contributed by atoms with Gasteiger partial charge in [0.15, 0.2) is 5.79 Å². The lowest BCUT2D eigenvalue weighted by Crippen LogP contribution is -2.55. The molecule has 6 nitrogen and oxygen atoms in total. The molecule has 1 amide bonds. The lowest BCUT2D eigenvalue weighted by molar-refractivity contribution is -0.178. The molecule has 0 aromatic rings. The number of nitrogens with zero attached hydrogens (tertiary/aromatic N) is 1. The molecule has 0 aromatic heterocycles. The number of rotatable bonds is 0. The van der Waals surface area contributed by atoms with Crippen LogP contribution < -0.4 is 0 Å². The van der Waals surface area contributed by atoms with Gasteiger partial charge in [0.2, 0.25) is 0 Å². The molecule has 3 rings (SSSR count). The normalized spacial score (nSPS) is 41.0. The summed E-state index contributed by atoms with van der Waals surface area (Å²) in [5, 5.41) is 10.3. The minimum Gasteiger partial charge on any atom is -0.444 e. The first kappa shape index (κ1) is 15.1. The van der Waals surface area contributed by atoms with Crippen molar-refractivity contribution in [3.05, 3.63) is 0 Å². The molecule has 120 valence electrons. The molecule has 0 aliphatic carbocycles. The molecule has 3 fully saturated rings. The maximum absolute atomic E-state index is 12.5. The van der Waals surface area contributed by atoms with Crippen LogP contribution in [0.3, 0.4) is 0 Å². The zero-order valence-corrected chi connectivity index (χ0v) is 13.3. The van der Waals surface area contributed by atoms with Crippen LogP contribution in [0.15, 0.2) is 0 Å². The number of hydrogen-bond acceptors (Lipinski definition) is 5. The van der Waals surface area contributed by atoms with Crippen LogP contribution >= 0.6 is 0 Å². The van der Waals surface area contributed by atoms with Gasteiger partial charge in [0.25, 0.3) is 0 Å². The van der Waals surface area contributed by atoms with E-state index in [1.165, 1.54) is 0 Å². The monoisotopic (exact) mass is 299 g/mol. The molecule has 3 saturated heterocycles. The summed E-state index contributed by atoms with van der Waals surface area (Å²) in [6.45, 7) is 9.24. The minimum atomic E-state index is -0.664. The molecule has 1 N–H and O–H groups in total. The fraction of sp³-hybridized carbons (Fsp3) is 0.933. The van der Waals surface area contributed by atoms with Crippen LogP contribution in [0.2, 0.25) is 0 Å². The number of carbonyl (C=O) groups is 1. The number of carbonyl (C=O) groups excluding carboxylic acids is 1. The van der Waals surface area contributed by atoms with Crippen molar-refractivity contribution in [1.29, 1.82) is 0 Å². The van der Waals surface area contributed by atoms with Gasteiger partial charge in [0, 0.05) is 0 Å². The Balaban J connectivity index is 1.86. The van der Waals surface area contributed by atoms with Crippen molar-refractivity contribution >= 4 is 6.09 Å². The van der Waals surface area contributed by atoms with E-state index < -0.39 is 23.6 Å². The SMILES string of the molecule is CC(C)(C)OC(=O)N1[C@@H]2[C@@H]3OC(C)(C)O[C@@H]3[C@H]1CC[C@H]2O. The second-order valence-corrected chi connectivity index (χ2v) is 7.66. The second kappa shape index (κ2) is 4.57. The third kappa shape index (κ3) is 2.53. The second-order valence-electron chi connectivity index (χ2n) is 7.66. The zero-order valence-electron chi connectivity index (χ0n) is 13.3. The van der Waals surface area contributed by atoms with Crippen LogP contribution in [0.5, 0.6) is 0 Å². The summed E-state index contributed by atoms with van der Waals surface area (Å²) in [5.74, 6) is -0.664. The summed E-state index contributed by atoms with van der Waals surface area (Å²) < 4.78 is 17.4. The minimum absolute atomic E-state index is 0.0833. The summed E-state index contributed by atoms with van der Waals surface area (Å²) in [5.41, 5.74) is -0.560. The zero-order chi connectivity index (χ0) is 15.6. The Morgan fingerprint density at radius 1 is 1.24 bits per heavy atom. The maximum Gasteiger partial charge on any atom is 0.411 e. The lowest BCUT2D eigenvalue weighted by atomic mass is 10.00. The smallest absolute Gasteiger partial charge is 0.411 e. The first-order chi connectivity index (χ1) is 9.59. The van der Waals surface area contributed by atoms with Crippen molar-refractivity contribution in [2.24, 2.45) is 0 Å². The molecular weight excluding hydrogens is 274 g/mol. The summed E-state index contributed by atoms with van der Waals surface area (Å²) in [4.78, 5) is 14.1. The highest BCUT2D eigenvalue weighted by Gasteiger charge is 2.63. The first-order valence-corrected chi connectivity index (χ1v) is 7.64. The molecule has 0 radical (unpaired) electrons. The number of piperidine rings is 1. The molecule has 3 aliphatic rings. The van der Waals surface area contributed by atoms with E-state index in [2.05, 4.69) is 0 Å². The van der Waals surface area contributed by atoms with Gasteiger partial charge in [0.1, 0.15) is 17.8 Å². The van der Waals surface area contributed by atoms with E-state index in [0.29, 0.717) is 12.8 Å². The van der Waals surface area contributed by atoms with Crippen molar-refractivity contribution in [3.63, 3.8) is 0 Å². The molecule has 3 aliphatic heterocycles. The average molecular weight is 299 g/mol. The van der Waals surface area contributed by atoms with E-state index in [9.17, 15) is 9.90 Å². The van der Waals surface area contributed by atoms with Crippen LogP contribution in [0.4, 0.5) is 4.79 Å². The highest BCUT2D eigenvalue weighted by molar-refractivity contribution is 5.70. The summed E-state index contributed by atoms with van der Waals surface area (Å²) >= 11 is 0. The molecule has 0 unspecified atom stereocenters. The molecule has 6 heteroatoms. The Morgan fingerprint density at radius 3 is 2.48 bits per heavy atom. The Kier molecular flexibility index (Phi) is 3.28. The third-order valence-corrected chi connectivity index (χ3v) is 4.31. The molecular formula is C15H25NO5. The van der Waals surface area contributed by atoms with E-state index in [4.69, 9.17) is 14.2 Å². The highest BCUT2D eigenvalue weighted by Crippen LogP contribution is 2.46. The van der Waals surface area contributed by atoms with Crippen molar-refractivity contribution in [3.8, 4) is 0 Å². The molecule has 2 bridgehead atoms. The van der Waals surface area contributed by atoms with E-state index in [1.807, 2.05) is 34.6 Å². The van der Waals surface area contributed by atoms with Crippen molar-refractivity contribution in [1.82, 2.24) is 4.90 Å². The molecule has 0 spiro atoms. The van der Waals surface area contributed by atoms with Gasteiger partial charge in [-0.25, -0.2) is 4.79 Å². The number of aliphatic hydroxyl groups is 1. The van der Waals surface area contributed by atoms with Crippen molar-refractivity contribution in [2.75, 3.05) is 0 Å². The van der Waals surface area contributed by atoms with Gasteiger partial charge in [-0.1, -0.05) is 0 Å². The average Bonchev–Trinajstić information content (AvgIpc) is 2.71. The Hall–Kier alpha value is -0.850. The molecule has 3 heterocycles. The predicted molar refractivity (Wildman–Crippen MR) is 74.7 cm³/mol. The van der Waals surface area contributed by atoms with Gasteiger partial charge in [-0.2, -0.15) is 0 Å². The Labute approximate surface area is 125 Å². The number of aliphatic hydroxyl groups excluding tert-OH is 1. The topological polar surface area (TPSA) is 68.2 Å². The molecule has 5 atom stereocenters. The number of hydrogen-bond donors (Lipinski definition) is 1. The van der Waals surface area contributed by atoms with E-state index in [0.717, 1.165) is 0 Å². The van der Waals surface area contributed by atoms with Gasteiger partial charge in [-0.15, -0.1) is 0 Å². The summed E-state index contributed by atoms with van der Waals surface area (Å²) in [6, 6.07) is -0.467. The lowest BCUT2D eigenvalue weighted by Gasteiger charge is -2.40.